The van der Waals surface area contributed by atoms with Gasteiger partial charge in [-0.25, -0.2) is 0 Å². The van der Waals surface area contributed by atoms with Crippen molar-refractivity contribution in [3.63, 3.8) is 0 Å². The van der Waals surface area contributed by atoms with Crippen LogP contribution in [0.5, 0.6) is 0 Å². The van der Waals surface area contributed by atoms with Gasteiger partial charge in [-0.15, -0.1) is 11.8 Å². The molecule has 0 aromatic carbocycles. The Morgan fingerprint density at radius 2 is 1.91 bits per heavy atom. The second-order valence-corrected chi connectivity index (χ2v) is 7.09. The van der Waals surface area contributed by atoms with Crippen LogP contribution in [0.4, 0.5) is 0 Å². The molecule has 1 atom stereocenters. The smallest absolute Gasteiger partial charge is 0.310 e. The molecule has 0 saturated heterocycles. The molecule has 0 N–H and O–H groups in total. The largest absolute Gasteiger partial charge is 0.469 e. The molecule has 0 aromatic heterocycles. The highest BCUT2D eigenvalue weighted by Crippen LogP contribution is 2.27. The minimum atomic E-state index is -0.755. The SMILES string of the molecule is COC(=O)[C@H](CSC1=CC(=O)N(C)C1=O)CC(=O)OC(C)(C)C. The summed E-state index contributed by atoms with van der Waals surface area (Å²) in [5.41, 5.74) is -0.649. The Bertz CT molecular complexity index is 549. The van der Waals surface area contributed by atoms with E-state index in [1.54, 1.807) is 20.8 Å². The maximum Gasteiger partial charge on any atom is 0.310 e. The first kappa shape index (κ1) is 19.2. The average molecular weight is 343 g/mol. The number of carbonyl (C=O) groups is 4. The number of likely N-dealkylation sites (N-methyl/N-ethyl adjacent to an activating group) is 1. The summed E-state index contributed by atoms with van der Waals surface area (Å²) in [6.45, 7) is 5.20. The first-order valence-electron chi connectivity index (χ1n) is 7.01. The van der Waals surface area contributed by atoms with Crippen LogP contribution in [0.15, 0.2) is 11.0 Å². The summed E-state index contributed by atoms with van der Waals surface area (Å²) in [5, 5.41) is 0. The molecule has 1 aliphatic heterocycles. The summed E-state index contributed by atoms with van der Waals surface area (Å²) in [6.07, 6.45) is 1.07. The van der Waals surface area contributed by atoms with E-state index in [1.807, 2.05) is 0 Å². The Hall–Kier alpha value is -1.83. The summed E-state index contributed by atoms with van der Waals surface area (Å²) < 4.78 is 9.88. The standard InChI is InChI=1S/C15H21NO6S/c1-15(2,3)22-12(18)6-9(14(20)21-5)8-23-10-7-11(17)16(4)13(10)19/h7,9H,6,8H2,1-5H3/t9-/m0/s1. The molecule has 0 aliphatic carbocycles. The van der Waals surface area contributed by atoms with Crippen molar-refractivity contribution in [1.29, 1.82) is 0 Å². The van der Waals surface area contributed by atoms with E-state index in [2.05, 4.69) is 4.74 Å². The number of carbonyl (C=O) groups excluding carboxylic acids is 4. The molecule has 0 spiro atoms. The molecule has 0 unspecified atom stereocenters. The van der Waals surface area contributed by atoms with Crippen LogP contribution in [0, 0.1) is 5.92 Å². The van der Waals surface area contributed by atoms with Gasteiger partial charge in [0.25, 0.3) is 11.8 Å². The van der Waals surface area contributed by atoms with Gasteiger partial charge in [-0.3, -0.25) is 24.1 Å². The number of hydrogen-bond donors (Lipinski definition) is 0. The highest BCUT2D eigenvalue weighted by molar-refractivity contribution is 8.04. The molecule has 0 saturated carbocycles. The first-order valence-corrected chi connectivity index (χ1v) is 8.00. The molecule has 1 heterocycles. The van der Waals surface area contributed by atoms with Gasteiger partial charge in [0.15, 0.2) is 0 Å². The molecule has 128 valence electrons. The third-order valence-corrected chi connectivity index (χ3v) is 4.08. The molecular weight excluding hydrogens is 322 g/mol. The van der Waals surface area contributed by atoms with E-state index < -0.39 is 35.3 Å². The normalized spacial score (nSPS) is 16.2. The summed E-state index contributed by atoms with van der Waals surface area (Å²) in [7, 11) is 2.61. The van der Waals surface area contributed by atoms with Gasteiger partial charge < -0.3 is 9.47 Å². The van der Waals surface area contributed by atoms with Crippen molar-refractivity contribution in [2.24, 2.45) is 5.92 Å². The fourth-order valence-electron chi connectivity index (χ4n) is 1.79. The van der Waals surface area contributed by atoms with Crippen molar-refractivity contribution < 1.29 is 28.7 Å². The molecule has 0 fully saturated rings. The van der Waals surface area contributed by atoms with Crippen LogP contribution in [0.25, 0.3) is 0 Å². The topological polar surface area (TPSA) is 90.0 Å². The molecule has 1 rings (SSSR count). The van der Waals surface area contributed by atoms with Crippen molar-refractivity contribution in [3.8, 4) is 0 Å². The number of methoxy groups -OCH3 is 1. The second kappa shape index (κ2) is 7.63. The minimum Gasteiger partial charge on any atom is -0.469 e. The lowest BCUT2D eigenvalue weighted by Gasteiger charge is -2.21. The highest BCUT2D eigenvalue weighted by Gasteiger charge is 2.31. The van der Waals surface area contributed by atoms with Gasteiger partial charge in [0.05, 0.1) is 24.4 Å². The lowest BCUT2D eigenvalue weighted by molar-refractivity contribution is -0.160. The van der Waals surface area contributed by atoms with Crippen molar-refractivity contribution in [2.45, 2.75) is 32.8 Å². The van der Waals surface area contributed by atoms with E-state index >= 15 is 0 Å². The maximum atomic E-state index is 11.9. The van der Waals surface area contributed by atoms with Crippen LogP contribution in [0.1, 0.15) is 27.2 Å². The Morgan fingerprint density at radius 3 is 2.35 bits per heavy atom. The molecule has 7 nitrogen and oxygen atoms in total. The Labute approximate surface area is 139 Å². The molecule has 8 heteroatoms. The number of thioether (sulfide) groups is 1. The Balaban J connectivity index is 2.68. The van der Waals surface area contributed by atoms with E-state index in [9.17, 15) is 19.2 Å². The van der Waals surface area contributed by atoms with Gasteiger partial charge in [0, 0.05) is 18.9 Å². The van der Waals surface area contributed by atoms with Crippen LogP contribution in [0.3, 0.4) is 0 Å². The molecule has 2 amide bonds. The maximum absolute atomic E-state index is 11.9. The van der Waals surface area contributed by atoms with Gasteiger partial charge in [-0.1, -0.05) is 0 Å². The van der Waals surface area contributed by atoms with Crippen LogP contribution in [-0.4, -0.2) is 54.2 Å². The summed E-state index contributed by atoms with van der Waals surface area (Å²) >= 11 is 1.05. The Morgan fingerprint density at radius 1 is 1.30 bits per heavy atom. The third kappa shape index (κ3) is 5.70. The van der Waals surface area contributed by atoms with Crippen LogP contribution >= 0.6 is 11.8 Å². The fourth-order valence-corrected chi connectivity index (χ4v) is 2.87. The molecule has 0 bridgehead atoms. The second-order valence-electron chi connectivity index (χ2n) is 6.03. The summed E-state index contributed by atoms with van der Waals surface area (Å²) in [4.78, 5) is 48.1. The lowest BCUT2D eigenvalue weighted by Crippen LogP contribution is -2.29. The zero-order valence-electron chi connectivity index (χ0n) is 13.9. The van der Waals surface area contributed by atoms with Gasteiger partial charge in [-0.05, 0) is 20.8 Å². The van der Waals surface area contributed by atoms with Crippen LogP contribution in [-0.2, 0) is 28.7 Å². The van der Waals surface area contributed by atoms with Crippen molar-refractivity contribution in [2.75, 3.05) is 19.9 Å². The fraction of sp³-hybridized carbons (Fsp3) is 0.600. The number of amides is 2. The lowest BCUT2D eigenvalue weighted by atomic mass is 10.1. The third-order valence-electron chi connectivity index (χ3n) is 2.91. The van der Waals surface area contributed by atoms with Crippen LogP contribution in [0.2, 0.25) is 0 Å². The van der Waals surface area contributed by atoms with E-state index in [-0.39, 0.29) is 17.1 Å². The summed E-state index contributed by atoms with van der Waals surface area (Å²) in [6, 6.07) is 0. The van der Waals surface area contributed by atoms with E-state index in [0.29, 0.717) is 0 Å². The number of hydrogen-bond acceptors (Lipinski definition) is 7. The molecule has 1 aliphatic rings. The minimum absolute atomic E-state index is 0.143. The number of rotatable bonds is 6. The molecular formula is C15H21NO6S. The summed E-state index contributed by atoms with van der Waals surface area (Å²) in [5.74, 6) is -2.51. The average Bonchev–Trinajstić information content (AvgIpc) is 2.68. The van der Waals surface area contributed by atoms with E-state index in [1.165, 1.54) is 20.2 Å². The van der Waals surface area contributed by atoms with Gasteiger partial charge in [0.2, 0.25) is 0 Å². The molecule has 23 heavy (non-hydrogen) atoms. The zero-order valence-corrected chi connectivity index (χ0v) is 14.7. The predicted molar refractivity (Wildman–Crippen MR) is 84.3 cm³/mol. The van der Waals surface area contributed by atoms with Crippen molar-refractivity contribution in [3.05, 3.63) is 11.0 Å². The van der Waals surface area contributed by atoms with Crippen molar-refractivity contribution >= 4 is 35.5 Å². The Kier molecular flexibility index (Phi) is 6.37. The predicted octanol–water partition coefficient (Wildman–Crippen LogP) is 1.12. The quantitative estimate of drug-likeness (QED) is 0.527. The first-order chi connectivity index (χ1) is 10.5. The number of ether oxygens (including phenoxy) is 2. The van der Waals surface area contributed by atoms with Gasteiger partial charge in [0.1, 0.15) is 5.60 Å². The van der Waals surface area contributed by atoms with Crippen LogP contribution < -0.4 is 0 Å². The number of esters is 2. The zero-order chi connectivity index (χ0) is 17.8. The van der Waals surface area contributed by atoms with E-state index in [0.717, 1.165) is 16.7 Å². The number of nitrogens with zero attached hydrogens (tertiary/aromatic N) is 1. The highest BCUT2D eigenvalue weighted by atomic mass is 32.2. The van der Waals surface area contributed by atoms with Gasteiger partial charge >= 0.3 is 11.9 Å². The molecule has 0 aromatic rings. The molecule has 0 radical (unpaired) electrons. The van der Waals surface area contributed by atoms with Crippen molar-refractivity contribution in [1.82, 2.24) is 4.90 Å². The van der Waals surface area contributed by atoms with Gasteiger partial charge in [-0.2, -0.15) is 0 Å². The van der Waals surface area contributed by atoms with E-state index in [4.69, 9.17) is 4.74 Å². The number of imide groups is 1. The monoisotopic (exact) mass is 343 g/mol.